The molecule has 0 aliphatic rings. The smallest absolute Gasteiger partial charge is 0.0715 e. The summed E-state index contributed by atoms with van der Waals surface area (Å²) in [6.07, 6.45) is -0.241. The standard InChI is InChI=1S/C11H25NO/c1-7-12(9(2)3)8-10(13)11(4,5)6/h9-10,13H,7-8H2,1-6H3. The molecule has 0 saturated heterocycles. The van der Waals surface area contributed by atoms with E-state index < -0.39 is 0 Å². The zero-order chi connectivity index (χ0) is 10.6. The van der Waals surface area contributed by atoms with Gasteiger partial charge >= 0.3 is 0 Å². The first kappa shape index (κ1) is 12.9. The Labute approximate surface area is 82.9 Å². The molecule has 13 heavy (non-hydrogen) atoms. The lowest BCUT2D eigenvalue weighted by molar-refractivity contribution is 0.0215. The largest absolute Gasteiger partial charge is 0.391 e. The second-order valence-corrected chi connectivity index (χ2v) is 5.06. The first-order valence-electron chi connectivity index (χ1n) is 5.21. The van der Waals surface area contributed by atoms with Gasteiger partial charge in [-0.1, -0.05) is 27.7 Å². The summed E-state index contributed by atoms with van der Waals surface area (Å²) in [5.41, 5.74) is -0.0116. The van der Waals surface area contributed by atoms with Gasteiger partial charge in [-0.3, -0.25) is 4.90 Å². The van der Waals surface area contributed by atoms with Crippen LogP contribution in [-0.2, 0) is 0 Å². The molecular weight excluding hydrogens is 162 g/mol. The van der Waals surface area contributed by atoms with Gasteiger partial charge in [-0.2, -0.15) is 0 Å². The summed E-state index contributed by atoms with van der Waals surface area (Å²) in [6, 6.07) is 0.516. The minimum Gasteiger partial charge on any atom is -0.391 e. The molecule has 0 aromatic heterocycles. The van der Waals surface area contributed by atoms with Crippen molar-refractivity contribution in [3.05, 3.63) is 0 Å². The van der Waals surface area contributed by atoms with Crippen molar-refractivity contribution in [2.45, 2.75) is 53.7 Å². The van der Waals surface area contributed by atoms with E-state index in [4.69, 9.17) is 0 Å². The first-order chi connectivity index (χ1) is 5.79. The first-order valence-corrected chi connectivity index (χ1v) is 5.21. The number of hydrogen-bond donors (Lipinski definition) is 1. The lowest BCUT2D eigenvalue weighted by Gasteiger charge is -2.33. The quantitative estimate of drug-likeness (QED) is 0.729. The molecule has 0 spiro atoms. The predicted octanol–water partition coefficient (Wildman–Crippen LogP) is 2.12. The van der Waals surface area contributed by atoms with Crippen LogP contribution in [0.1, 0.15) is 41.5 Å². The van der Waals surface area contributed by atoms with E-state index in [0.29, 0.717) is 6.04 Å². The minimum absolute atomic E-state index is 0.0116. The molecule has 0 aliphatic heterocycles. The average molecular weight is 187 g/mol. The van der Waals surface area contributed by atoms with Gasteiger partial charge in [-0.05, 0) is 25.8 Å². The Morgan fingerprint density at radius 3 is 1.92 bits per heavy atom. The summed E-state index contributed by atoms with van der Waals surface area (Å²) < 4.78 is 0. The van der Waals surface area contributed by atoms with Crippen LogP contribution in [0.4, 0.5) is 0 Å². The molecular formula is C11H25NO. The van der Waals surface area contributed by atoms with Crippen molar-refractivity contribution < 1.29 is 5.11 Å². The number of nitrogens with zero attached hydrogens (tertiary/aromatic N) is 1. The Morgan fingerprint density at radius 1 is 1.23 bits per heavy atom. The molecule has 1 atom stereocenters. The van der Waals surface area contributed by atoms with E-state index in [-0.39, 0.29) is 11.5 Å². The van der Waals surface area contributed by atoms with Gasteiger partial charge in [0, 0.05) is 12.6 Å². The third kappa shape index (κ3) is 4.63. The zero-order valence-electron chi connectivity index (χ0n) is 9.96. The van der Waals surface area contributed by atoms with Gasteiger partial charge in [-0.15, -0.1) is 0 Å². The van der Waals surface area contributed by atoms with Gasteiger partial charge in [0.1, 0.15) is 0 Å². The molecule has 2 heteroatoms. The van der Waals surface area contributed by atoms with E-state index >= 15 is 0 Å². The third-order valence-corrected chi connectivity index (χ3v) is 2.54. The highest BCUT2D eigenvalue weighted by Gasteiger charge is 2.24. The van der Waals surface area contributed by atoms with E-state index in [1.165, 1.54) is 0 Å². The summed E-state index contributed by atoms with van der Waals surface area (Å²) in [5, 5.41) is 9.89. The molecule has 0 fully saturated rings. The molecule has 0 saturated carbocycles. The van der Waals surface area contributed by atoms with Crippen molar-refractivity contribution in [3.8, 4) is 0 Å². The van der Waals surface area contributed by atoms with E-state index in [1.807, 2.05) is 0 Å². The average Bonchev–Trinajstić information content (AvgIpc) is 1.96. The molecule has 2 nitrogen and oxygen atoms in total. The van der Waals surface area contributed by atoms with Gasteiger partial charge in [0.15, 0.2) is 0 Å². The molecule has 0 heterocycles. The van der Waals surface area contributed by atoms with Crippen LogP contribution in [0.15, 0.2) is 0 Å². The predicted molar refractivity (Wildman–Crippen MR) is 57.8 cm³/mol. The van der Waals surface area contributed by atoms with Crippen molar-refractivity contribution >= 4 is 0 Å². The zero-order valence-corrected chi connectivity index (χ0v) is 9.96. The van der Waals surface area contributed by atoms with Crippen molar-refractivity contribution in [3.63, 3.8) is 0 Å². The fourth-order valence-electron chi connectivity index (χ4n) is 1.20. The van der Waals surface area contributed by atoms with Crippen molar-refractivity contribution in [2.24, 2.45) is 5.41 Å². The second kappa shape index (κ2) is 4.97. The monoisotopic (exact) mass is 187 g/mol. The number of likely N-dealkylation sites (N-methyl/N-ethyl adjacent to an activating group) is 1. The summed E-state index contributed by atoms with van der Waals surface area (Å²) in [5.74, 6) is 0. The number of aliphatic hydroxyl groups is 1. The SMILES string of the molecule is CCN(CC(O)C(C)(C)C)C(C)C. The van der Waals surface area contributed by atoms with Gasteiger partial charge in [0.05, 0.1) is 6.10 Å². The fraction of sp³-hybridized carbons (Fsp3) is 1.00. The lowest BCUT2D eigenvalue weighted by atomic mass is 9.88. The summed E-state index contributed by atoms with van der Waals surface area (Å²) >= 11 is 0. The minimum atomic E-state index is -0.241. The number of rotatable bonds is 4. The second-order valence-electron chi connectivity index (χ2n) is 5.06. The van der Waals surface area contributed by atoms with Gasteiger partial charge < -0.3 is 5.11 Å². The lowest BCUT2D eigenvalue weighted by Crippen LogP contribution is -2.42. The molecule has 0 aliphatic carbocycles. The van der Waals surface area contributed by atoms with E-state index in [1.54, 1.807) is 0 Å². The molecule has 0 rings (SSSR count). The van der Waals surface area contributed by atoms with Crippen LogP contribution in [0, 0.1) is 5.41 Å². The normalized spacial score (nSPS) is 15.5. The van der Waals surface area contributed by atoms with Crippen LogP contribution >= 0.6 is 0 Å². The van der Waals surface area contributed by atoms with Crippen LogP contribution in [0.3, 0.4) is 0 Å². The molecule has 1 N–H and O–H groups in total. The Kier molecular flexibility index (Phi) is 4.93. The maximum Gasteiger partial charge on any atom is 0.0715 e. The Balaban J connectivity index is 4.09. The highest BCUT2D eigenvalue weighted by atomic mass is 16.3. The molecule has 1 unspecified atom stereocenters. The Hall–Kier alpha value is -0.0800. The Morgan fingerprint density at radius 2 is 1.69 bits per heavy atom. The summed E-state index contributed by atoms with van der Waals surface area (Å²) in [6.45, 7) is 14.5. The molecule has 80 valence electrons. The topological polar surface area (TPSA) is 23.5 Å². The van der Waals surface area contributed by atoms with Crippen molar-refractivity contribution in [1.29, 1.82) is 0 Å². The van der Waals surface area contributed by atoms with Crippen molar-refractivity contribution in [2.75, 3.05) is 13.1 Å². The van der Waals surface area contributed by atoms with Crippen LogP contribution in [0.25, 0.3) is 0 Å². The molecule has 0 aromatic carbocycles. The van der Waals surface area contributed by atoms with Crippen LogP contribution in [0.2, 0.25) is 0 Å². The highest BCUT2D eigenvalue weighted by Crippen LogP contribution is 2.20. The summed E-state index contributed by atoms with van der Waals surface area (Å²) in [7, 11) is 0. The van der Waals surface area contributed by atoms with E-state index in [9.17, 15) is 5.11 Å². The van der Waals surface area contributed by atoms with Crippen LogP contribution in [-0.4, -0.2) is 35.2 Å². The molecule has 0 aromatic rings. The number of hydrogen-bond acceptors (Lipinski definition) is 2. The van der Waals surface area contributed by atoms with Crippen LogP contribution < -0.4 is 0 Å². The Bertz CT molecular complexity index is 138. The van der Waals surface area contributed by atoms with Gasteiger partial charge in [-0.25, -0.2) is 0 Å². The van der Waals surface area contributed by atoms with Crippen LogP contribution in [0.5, 0.6) is 0 Å². The molecule has 0 amide bonds. The highest BCUT2D eigenvalue weighted by molar-refractivity contribution is 4.77. The maximum atomic E-state index is 9.89. The fourth-order valence-corrected chi connectivity index (χ4v) is 1.20. The third-order valence-electron chi connectivity index (χ3n) is 2.54. The maximum absolute atomic E-state index is 9.89. The van der Waals surface area contributed by atoms with Gasteiger partial charge in [0.25, 0.3) is 0 Å². The van der Waals surface area contributed by atoms with E-state index in [2.05, 4.69) is 46.4 Å². The number of aliphatic hydroxyl groups excluding tert-OH is 1. The van der Waals surface area contributed by atoms with Crippen molar-refractivity contribution in [1.82, 2.24) is 4.90 Å². The van der Waals surface area contributed by atoms with Gasteiger partial charge in [0.2, 0.25) is 0 Å². The summed E-state index contributed by atoms with van der Waals surface area (Å²) in [4.78, 5) is 2.29. The molecule has 0 bridgehead atoms. The molecule has 0 radical (unpaired) electrons. The van der Waals surface area contributed by atoms with E-state index in [0.717, 1.165) is 13.1 Å².